The molecule has 0 spiro atoms. The fraction of sp³-hybridized carbons (Fsp3) is 0.750. The molecule has 0 saturated carbocycles. The highest BCUT2D eigenvalue weighted by molar-refractivity contribution is 5.93. The molecule has 0 unspecified atom stereocenters. The van der Waals surface area contributed by atoms with Crippen LogP contribution in [0.1, 0.15) is 47.5 Å². The summed E-state index contributed by atoms with van der Waals surface area (Å²) in [5.41, 5.74) is -0.366. The molecule has 0 fully saturated rings. The van der Waals surface area contributed by atoms with Gasteiger partial charge in [0.1, 0.15) is 5.76 Å². The zero-order chi connectivity index (χ0) is 13.6. The number of carbonyl (C=O) groups is 1. The molecular weight excluding hydrogens is 220 g/mol. The number of aliphatic hydroxyl groups is 1. The van der Waals surface area contributed by atoms with Crippen molar-refractivity contribution in [2.75, 3.05) is 0 Å². The van der Waals surface area contributed by atoms with E-state index in [-0.39, 0.29) is 30.0 Å². The van der Waals surface area contributed by atoms with Gasteiger partial charge < -0.3 is 10.0 Å². The van der Waals surface area contributed by atoms with Crippen LogP contribution in [0.15, 0.2) is 16.6 Å². The number of allylic oxidation sites excluding steroid dienone is 1. The lowest BCUT2D eigenvalue weighted by Gasteiger charge is -2.30. The Morgan fingerprint density at radius 1 is 1.24 bits per heavy atom. The third kappa shape index (κ3) is 4.17. The molecule has 17 heavy (non-hydrogen) atoms. The predicted molar refractivity (Wildman–Crippen MR) is 67.5 cm³/mol. The van der Waals surface area contributed by atoms with E-state index >= 15 is 0 Å². The molecular formula is C12H22N2O3. The monoisotopic (exact) mass is 242 g/mol. The van der Waals surface area contributed by atoms with Crippen molar-refractivity contribution in [1.29, 1.82) is 0 Å². The minimum atomic E-state index is -0.504. The Hall–Kier alpha value is -1.39. The summed E-state index contributed by atoms with van der Waals surface area (Å²) in [4.78, 5) is 24.3. The van der Waals surface area contributed by atoms with Gasteiger partial charge in [0.25, 0.3) is 5.91 Å². The van der Waals surface area contributed by atoms with E-state index in [0.717, 1.165) is 0 Å². The van der Waals surface area contributed by atoms with E-state index in [4.69, 9.17) is 0 Å². The first-order chi connectivity index (χ1) is 7.86. The van der Waals surface area contributed by atoms with Gasteiger partial charge >= 0.3 is 0 Å². The van der Waals surface area contributed by atoms with E-state index in [1.54, 1.807) is 0 Å². The van der Waals surface area contributed by atoms with Crippen LogP contribution in [0, 0.1) is 4.91 Å². The molecule has 0 aliphatic carbocycles. The van der Waals surface area contributed by atoms with Crippen molar-refractivity contribution in [1.82, 2.24) is 4.90 Å². The molecule has 0 rings (SSSR count). The third-order valence-corrected chi connectivity index (χ3v) is 2.40. The fourth-order valence-electron chi connectivity index (χ4n) is 1.76. The number of aliphatic hydroxyl groups excluding tert-OH is 1. The quantitative estimate of drug-likeness (QED) is 0.442. The van der Waals surface area contributed by atoms with Gasteiger partial charge in [0.05, 0.1) is 0 Å². The van der Waals surface area contributed by atoms with Crippen LogP contribution in [0.3, 0.4) is 0 Å². The normalized spacial score (nSPS) is 12.6. The Balaban J connectivity index is 5.22. The second-order valence-corrected chi connectivity index (χ2v) is 4.54. The number of nitroso groups, excluding NO2 is 1. The maximum atomic E-state index is 12.1. The molecule has 98 valence electrons. The van der Waals surface area contributed by atoms with E-state index in [1.165, 1.54) is 4.90 Å². The van der Waals surface area contributed by atoms with E-state index < -0.39 is 5.91 Å². The molecule has 0 aromatic carbocycles. The number of hydrogen-bond donors (Lipinski definition) is 1. The maximum absolute atomic E-state index is 12.1. The van der Waals surface area contributed by atoms with Crippen LogP contribution in [-0.4, -0.2) is 28.0 Å². The fourth-order valence-corrected chi connectivity index (χ4v) is 1.76. The standard InChI is InChI=1S/C12H22N2O3/c1-6-7-10(15)11(13-17)12(16)14(8(2)3)9(4)5/h8-9,15H,6-7H2,1-5H3/b11-10+. The topological polar surface area (TPSA) is 70.0 Å². The summed E-state index contributed by atoms with van der Waals surface area (Å²) in [6.07, 6.45) is 0.943. The molecule has 0 aromatic heterocycles. The van der Waals surface area contributed by atoms with Gasteiger partial charge in [-0.2, -0.15) is 0 Å². The predicted octanol–water partition coefficient (Wildman–Crippen LogP) is 2.97. The van der Waals surface area contributed by atoms with E-state index in [2.05, 4.69) is 5.18 Å². The molecule has 0 aliphatic rings. The molecule has 1 N–H and O–H groups in total. The maximum Gasteiger partial charge on any atom is 0.280 e. The highest BCUT2D eigenvalue weighted by Crippen LogP contribution is 2.16. The molecule has 0 radical (unpaired) electrons. The van der Waals surface area contributed by atoms with E-state index in [0.29, 0.717) is 6.42 Å². The van der Waals surface area contributed by atoms with Crippen LogP contribution in [-0.2, 0) is 4.79 Å². The smallest absolute Gasteiger partial charge is 0.280 e. The first-order valence-electron chi connectivity index (χ1n) is 5.94. The van der Waals surface area contributed by atoms with Crippen LogP contribution < -0.4 is 0 Å². The highest BCUT2D eigenvalue weighted by Gasteiger charge is 2.26. The average Bonchev–Trinajstić information content (AvgIpc) is 2.17. The molecule has 0 aliphatic heterocycles. The minimum absolute atomic E-state index is 0.0475. The zero-order valence-electron chi connectivity index (χ0n) is 11.2. The van der Waals surface area contributed by atoms with Gasteiger partial charge in [0.15, 0.2) is 0 Å². The molecule has 5 heteroatoms. The van der Waals surface area contributed by atoms with Crippen molar-refractivity contribution in [2.24, 2.45) is 5.18 Å². The average molecular weight is 242 g/mol. The zero-order valence-corrected chi connectivity index (χ0v) is 11.2. The van der Waals surface area contributed by atoms with Crippen LogP contribution >= 0.6 is 0 Å². The van der Waals surface area contributed by atoms with Gasteiger partial charge in [-0.1, -0.05) is 6.92 Å². The number of amides is 1. The Morgan fingerprint density at radius 2 is 1.71 bits per heavy atom. The Bertz CT molecular complexity index is 301. The highest BCUT2D eigenvalue weighted by atomic mass is 16.3. The van der Waals surface area contributed by atoms with Crippen molar-refractivity contribution < 1.29 is 9.90 Å². The van der Waals surface area contributed by atoms with Crippen molar-refractivity contribution in [3.8, 4) is 0 Å². The number of carbonyl (C=O) groups excluding carboxylic acids is 1. The largest absolute Gasteiger partial charge is 0.510 e. The Labute approximate surface area is 102 Å². The SMILES string of the molecule is CCC/C(O)=C(\N=O)C(=O)N(C(C)C)C(C)C. The first-order valence-corrected chi connectivity index (χ1v) is 5.94. The summed E-state index contributed by atoms with van der Waals surface area (Å²) in [5, 5.41) is 12.3. The molecule has 5 nitrogen and oxygen atoms in total. The summed E-state index contributed by atoms with van der Waals surface area (Å²) >= 11 is 0. The van der Waals surface area contributed by atoms with Crippen LogP contribution in [0.4, 0.5) is 0 Å². The van der Waals surface area contributed by atoms with Crippen molar-refractivity contribution in [3.05, 3.63) is 16.4 Å². The van der Waals surface area contributed by atoms with Crippen LogP contribution in [0.25, 0.3) is 0 Å². The molecule has 0 bridgehead atoms. The van der Waals surface area contributed by atoms with Crippen molar-refractivity contribution in [2.45, 2.75) is 59.5 Å². The van der Waals surface area contributed by atoms with E-state index in [9.17, 15) is 14.8 Å². The lowest BCUT2D eigenvalue weighted by Crippen LogP contribution is -2.42. The molecule has 1 amide bonds. The molecule has 0 atom stereocenters. The summed E-state index contributed by atoms with van der Waals surface area (Å²) in [7, 11) is 0. The van der Waals surface area contributed by atoms with Gasteiger partial charge in [0, 0.05) is 18.5 Å². The van der Waals surface area contributed by atoms with Gasteiger partial charge in [0.2, 0.25) is 5.70 Å². The summed E-state index contributed by atoms with van der Waals surface area (Å²) in [5.74, 6) is -0.727. The number of nitrogens with zero attached hydrogens (tertiary/aromatic N) is 2. The Kier molecular flexibility index (Phi) is 6.46. The van der Waals surface area contributed by atoms with Gasteiger partial charge in [-0.15, -0.1) is 4.91 Å². The van der Waals surface area contributed by atoms with Gasteiger partial charge in [-0.05, 0) is 39.3 Å². The molecule has 0 aromatic rings. The van der Waals surface area contributed by atoms with Crippen LogP contribution in [0.2, 0.25) is 0 Å². The summed E-state index contributed by atoms with van der Waals surface area (Å²) in [6, 6.07) is -0.0950. The van der Waals surface area contributed by atoms with Crippen molar-refractivity contribution in [3.63, 3.8) is 0 Å². The second kappa shape index (κ2) is 7.04. The summed E-state index contributed by atoms with van der Waals surface area (Å²) in [6.45, 7) is 9.29. The molecule has 0 saturated heterocycles. The lowest BCUT2D eigenvalue weighted by atomic mass is 10.1. The van der Waals surface area contributed by atoms with Gasteiger partial charge in [-0.25, -0.2) is 0 Å². The number of hydrogen-bond acceptors (Lipinski definition) is 4. The first kappa shape index (κ1) is 15.6. The molecule has 0 heterocycles. The minimum Gasteiger partial charge on any atom is -0.510 e. The number of rotatable bonds is 6. The van der Waals surface area contributed by atoms with Crippen molar-refractivity contribution >= 4 is 5.91 Å². The summed E-state index contributed by atoms with van der Waals surface area (Å²) < 4.78 is 0. The van der Waals surface area contributed by atoms with Crippen LogP contribution in [0.5, 0.6) is 0 Å². The van der Waals surface area contributed by atoms with E-state index in [1.807, 2.05) is 34.6 Å². The third-order valence-electron chi connectivity index (χ3n) is 2.40. The second-order valence-electron chi connectivity index (χ2n) is 4.54. The Morgan fingerprint density at radius 3 is 2.00 bits per heavy atom. The lowest BCUT2D eigenvalue weighted by molar-refractivity contribution is -0.130. The van der Waals surface area contributed by atoms with Gasteiger partial charge in [-0.3, -0.25) is 4.79 Å².